The topological polar surface area (TPSA) is 63.8 Å². The van der Waals surface area contributed by atoms with E-state index in [2.05, 4.69) is 32.8 Å². The summed E-state index contributed by atoms with van der Waals surface area (Å²) in [6, 6.07) is 4.11. The van der Waals surface area contributed by atoms with E-state index in [9.17, 15) is 0 Å². The summed E-state index contributed by atoms with van der Waals surface area (Å²) in [7, 11) is 0. The zero-order valence-electron chi connectivity index (χ0n) is 11.2. The minimum Gasteiger partial charge on any atom is -0.419 e. The van der Waals surface area contributed by atoms with Gasteiger partial charge in [-0.05, 0) is 25.3 Å². The summed E-state index contributed by atoms with van der Waals surface area (Å²) < 4.78 is 5.63. The van der Waals surface area contributed by atoms with E-state index >= 15 is 0 Å². The number of thiophene rings is 1. The minimum atomic E-state index is 0.172. The van der Waals surface area contributed by atoms with Crippen LogP contribution in [0.5, 0.6) is 0 Å². The highest BCUT2D eigenvalue weighted by Crippen LogP contribution is 2.23. The van der Waals surface area contributed by atoms with E-state index in [4.69, 9.17) is 4.42 Å². The molecule has 0 saturated carbocycles. The van der Waals surface area contributed by atoms with E-state index in [0.717, 1.165) is 15.6 Å². The van der Waals surface area contributed by atoms with Gasteiger partial charge in [0.15, 0.2) is 0 Å². The first-order valence-electron chi connectivity index (χ1n) is 6.24. The van der Waals surface area contributed by atoms with Crippen molar-refractivity contribution in [2.45, 2.75) is 26.4 Å². The van der Waals surface area contributed by atoms with Crippen molar-refractivity contribution in [3.05, 3.63) is 39.5 Å². The Morgan fingerprint density at radius 3 is 2.95 bits per heavy atom. The highest BCUT2D eigenvalue weighted by molar-refractivity contribution is 7.13. The third-order valence-corrected chi connectivity index (χ3v) is 4.77. The molecule has 0 radical (unpaired) electrons. The molecule has 0 unspecified atom stereocenters. The van der Waals surface area contributed by atoms with Crippen LogP contribution < -0.4 is 5.32 Å². The summed E-state index contributed by atoms with van der Waals surface area (Å²) in [4.78, 5) is 5.45. The maximum Gasteiger partial charge on any atom is 0.257 e. The molecule has 0 amide bonds. The van der Waals surface area contributed by atoms with Crippen molar-refractivity contribution in [1.29, 1.82) is 0 Å². The van der Waals surface area contributed by atoms with Crippen LogP contribution in [0.1, 0.15) is 29.6 Å². The summed E-state index contributed by atoms with van der Waals surface area (Å²) in [6.07, 6.45) is 0. The van der Waals surface area contributed by atoms with Gasteiger partial charge in [0.25, 0.3) is 5.89 Å². The Kier molecular flexibility index (Phi) is 3.90. The summed E-state index contributed by atoms with van der Waals surface area (Å²) in [5, 5.41) is 16.6. The van der Waals surface area contributed by atoms with Crippen LogP contribution >= 0.6 is 22.7 Å². The number of hydrogen-bond acceptors (Lipinski definition) is 7. The van der Waals surface area contributed by atoms with Crippen LogP contribution in [0.25, 0.3) is 10.8 Å². The van der Waals surface area contributed by atoms with Crippen LogP contribution in [0.4, 0.5) is 0 Å². The van der Waals surface area contributed by atoms with Crippen LogP contribution in [-0.2, 0) is 6.54 Å². The molecule has 7 heteroatoms. The lowest BCUT2D eigenvalue weighted by atomic mass is 10.3. The molecule has 0 spiro atoms. The SMILES string of the molecule is Cc1csc([C@H](C)NCc2nnc(-c3cccs3)o2)n1. The number of aromatic nitrogens is 3. The van der Waals surface area contributed by atoms with E-state index < -0.39 is 0 Å². The second-order valence-corrected chi connectivity index (χ2v) is 6.25. The van der Waals surface area contributed by atoms with Crippen molar-refractivity contribution in [3.8, 4) is 10.8 Å². The Hall–Kier alpha value is -1.57. The molecular weight excluding hydrogens is 292 g/mol. The number of aryl methyl sites for hydroxylation is 1. The molecule has 3 heterocycles. The molecule has 0 saturated heterocycles. The summed E-state index contributed by atoms with van der Waals surface area (Å²) >= 11 is 3.25. The van der Waals surface area contributed by atoms with E-state index in [-0.39, 0.29) is 6.04 Å². The maximum atomic E-state index is 5.63. The fourth-order valence-electron chi connectivity index (χ4n) is 1.72. The standard InChI is InChI=1S/C13H14N4OS2/c1-8-7-20-13(15-8)9(2)14-6-11-16-17-12(18-11)10-4-3-5-19-10/h3-5,7,9,14H,6H2,1-2H3/t9-/m0/s1. The van der Waals surface area contributed by atoms with Gasteiger partial charge >= 0.3 is 0 Å². The predicted molar refractivity (Wildman–Crippen MR) is 79.7 cm³/mol. The molecule has 0 bridgehead atoms. The molecule has 104 valence electrons. The largest absolute Gasteiger partial charge is 0.419 e. The van der Waals surface area contributed by atoms with Gasteiger partial charge in [-0.3, -0.25) is 5.32 Å². The molecule has 5 nitrogen and oxygen atoms in total. The van der Waals surface area contributed by atoms with E-state index in [0.29, 0.717) is 18.3 Å². The molecule has 20 heavy (non-hydrogen) atoms. The molecule has 3 aromatic heterocycles. The first-order chi connectivity index (χ1) is 9.72. The zero-order chi connectivity index (χ0) is 13.9. The molecule has 0 aromatic carbocycles. The molecular formula is C13H14N4OS2. The van der Waals surface area contributed by atoms with Gasteiger partial charge in [-0.1, -0.05) is 6.07 Å². The zero-order valence-corrected chi connectivity index (χ0v) is 12.8. The molecule has 1 N–H and O–H groups in total. The number of nitrogens with zero attached hydrogens (tertiary/aromatic N) is 3. The molecule has 0 aliphatic rings. The second-order valence-electron chi connectivity index (χ2n) is 4.41. The van der Waals surface area contributed by atoms with E-state index in [1.807, 2.05) is 24.4 Å². The fraction of sp³-hybridized carbons (Fsp3) is 0.308. The van der Waals surface area contributed by atoms with E-state index in [1.54, 1.807) is 22.7 Å². The quantitative estimate of drug-likeness (QED) is 0.782. The van der Waals surface area contributed by atoms with Gasteiger partial charge in [-0.25, -0.2) is 4.98 Å². The third-order valence-electron chi connectivity index (χ3n) is 2.77. The van der Waals surface area contributed by atoms with Gasteiger partial charge < -0.3 is 4.42 Å². The van der Waals surface area contributed by atoms with Crippen molar-refractivity contribution >= 4 is 22.7 Å². The van der Waals surface area contributed by atoms with Gasteiger partial charge in [0, 0.05) is 11.1 Å². The van der Waals surface area contributed by atoms with Crippen molar-refractivity contribution in [2.24, 2.45) is 0 Å². The minimum absolute atomic E-state index is 0.172. The monoisotopic (exact) mass is 306 g/mol. The molecule has 0 aliphatic heterocycles. The van der Waals surface area contributed by atoms with Gasteiger partial charge in [-0.15, -0.1) is 32.9 Å². The van der Waals surface area contributed by atoms with Gasteiger partial charge in [-0.2, -0.15) is 0 Å². The Bertz CT molecular complexity index is 674. The Morgan fingerprint density at radius 1 is 1.35 bits per heavy atom. The molecule has 1 atom stereocenters. The number of rotatable bonds is 5. The average Bonchev–Trinajstić information content (AvgIpc) is 3.16. The fourth-order valence-corrected chi connectivity index (χ4v) is 3.20. The molecule has 0 fully saturated rings. The summed E-state index contributed by atoms with van der Waals surface area (Å²) in [6.45, 7) is 4.62. The lowest BCUT2D eigenvalue weighted by Crippen LogP contribution is -2.18. The van der Waals surface area contributed by atoms with Crippen molar-refractivity contribution in [1.82, 2.24) is 20.5 Å². The van der Waals surface area contributed by atoms with Crippen LogP contribution in [0.15, 0.2) is 27.3 Å². The predicted octanol–water partition coefficient (Wildman–Crippen LogP) is 3.41. The second kappa shape index (κ2) is 5.82. The first-order valence-corrected chi connectivity index (χ1v) is 8.00. The lowest BCUT2D eigenvalue weighted by Gasteiger charge is -2.08. The van der Waals surface area contributed by atoms with Crippen molar-refractivity contribution in [3.63, 3.8) is 0 Å². The first kappa shape index (κ1) is 13.4. The van der Waals surface area contributed by atoms with E-state index in [1.165, 1.54) is 0 Å². The number of thiazole rings is 1. The highest BCUT2D eigenvalue weighted by atomic mass is 32.1. The highest BCUT2D eigenvalue weighted by Gasteiger charge is 2.12. The van der Waals surface area contributed by atoms with Crippen molar-refractivity contribution < 1.29 is 4.42 Å². The third kappa shape index (κ3) is 2.95. The molecule has 3 rings (SSSR count). The average molecular weight is 306 g/mol. The lowest BCUT2D eigenvalue weighted by molar-refractivity contribution is 0.454. The van der Waals surface area contributed by atoms with Crippen LogP contribution in [0.2, 0.25) is 0 Å². The summed E-state index contributed by atoms with van der Waals surface area (Å²) in [5.41, 5.74) is 1.05. The smallest absolute Gasteiger partial charge is 0.257 e. The van der Waals surface area contributed by atoms with Crippen molar-refractivity contribution in [2.75, 3.05) is 0 Å². The number of hydrogen-bond donors (Lipinski definition) is 1. The summed E-state index contributed by atoms with van der Waals surface area (Å²) in [5.74, 6) is 1.17. The van der Waals surface area contributed by atoms with Gasteiger partial charge in [0.2, 0.25) is 5.89 Å². The van der Waals surface area contributed by atoms with Gasteiger partial charge in [0.05, 0.1) is 17.5 Å². The maximum absolute atomic E-state index is 5.63. The Labute approximate surface area is 124 Å². The number of nitrogens with one attached hydrogen (secondary N) is 1. The normalized spacial score (nSPS) is 12.7. The Morgan fingerprint density at radius 2 is 2.25 bits per heavy atom. The van der Waals surface area contributed by atoms with Gasteiger partial charge in [0.1, 0.15) is 5.01 Å². The Balaban J connectivity index is 1.61. The van der Waals surface area contributed by atoms with Crippen LogP contribution in [0, 0.1) is 6.92 Å². The van der Waals surface area contributed by atoms with Crippen LogP contribution in [0.3, 0.4) is 0 Å². The van der Waals surface area contributed by atoms with Crippen LogP contribution in [-0.4, -0.2) is 15.2 Å². The molecule has 3 aromatic rings. The molecule has 0 aliphatic carbocycles.